The molecule has 152 valence electrons. The minimum Gasteiger partial charge on any atom is -0.491 e. The molecule has 0 saturated heterocycles. The van der Waals surface area contributed by atoms with E-state index in [0.717, 1.165) is 28.7 Å². The summed E-state index contributed by atoms with van der Waals surface area (Å²) in [6.07, 6.45) is 5.52. The van der Waals surface area contributed by atoms with Gasteiger partial charge in [-0.1, -0.05) is 12.1 Å². The highest BCUT2D eigenvalue weighted by atomic mass is 16.5. The first kappa shape index (κ1) is 20.4. The molecular formula is C22H28N6O. The average molecular weight is 393 g/mol. The van der Waals surface area contributed by atoms with E-state index in [9.17, 15) is 0 Å². The molecule has 0 amide bonds. The van der Waals surface area contributed by atoms with E-state index < -0.39 is 0 Å². The predicted octanol–water partition coefficient (Wildman–Crippen LogP) is 3.23. The summed E-state index contributed by atoms with van der Waals surface area (Å²) in [5.74, 6) is 2.41. The lowest BCUT2D eigenvalue weighted by Gasteiger charge is -2.17. The Morgan fingerprint density at radius 1 is 1.14 bits per heavy atom. The smallest absolute Gasteiger partial charge is 0.191 e. The Hall–Kier alpha value is -3.35. The van der Waals surface area contributed by atoms with Crippen LogP contribution in [0.3, 0.4) is 0 Å². The second-order valence-corrected chi connectivity index (χ2v) is 7.03. The lowest BCUT2D eigenvalue weighted by Crippen LogP contribution is -2.36. The van der Waals surface area contributed by atoms with Crippen LogP contribution in [0.4, 0.5) is 0 Å². The Bertz CT molecular complexity index is 950. The Kier molecular flexibility index (Phi) is 6.84. The quantitative estimate of drug-likeness (QED) is 0.477. The van der Waals surface area contributed by atoms with Crippen LogP contribution in [-0.4, -0.2) is 33.9 Å². The molecule has 0 aliphatic rings. The second kappa shape index (κ2) is 9.73. The first-order valence-electron chi connectivity index (χ1n) is 9.71. The number of aliphatic imine (C=N–C) groups is 1. The molecule has 29 heavy (non-hydrogen) atoms. The third-order valence-corrected chi connectivity index (χ3v) is 4.26. The van der Waals surface area contributed by atoms with Gasteiger partial charge in [0, 0.05) is 44.3 Å². The number of hydrogen-bond donors (Lipinski definition) is 2. The SMILES string of the molecule is CN=C(NCc1ccnc(-n2cccn2)c1)NCc1ccc(C)cc1OC(C)C. The van der Waals surface area contributed by atoms with E-state index in [0.29, 0.717) is 13.1 Å². The first-order chi connectivity index (χ1) is 14.0. The number of aryl methyl sites for hydroxylation is 1. The summed E-state index contributed by atoms with van der Waals surface area (Å²) in [4.78, 5) is 8.68. The van der Waals surface area contributed by atoms with Gasteiger partial charge >= 0.3 is 0 Å². The maximum atomic E-state index is 5.95. The van der Waals surface area contributed by atoms with Crippen molar-refractivity contribution in [2.24, 2.45) is 4.99 Å². The molecule has 2 N–H and O–H groups in total. The highest BCUT2D eigenvalue weighted by Gasteiger charge is 2.08. The van der Waals surface area contributed by atoms with Crippen molar-refractivity contribution in [3.05, 3.63) is 71.7 Å². The summed E-state index contributed by atoms with van der Waals surface area (Å²) in [5.41, 5.74) is 3.36. The van der Waals surface area contributed by atoms with Gasteiger partial charge in [0.15, 0.2) is 11.8 Å². The zero-order valence-corrected chi connectivity index (χ0v) is 17.4. The van der Waals surface area contributed by atoms with Crippen molar-refractivity contribution in [3.8, 4) is 11.6 Å². The van der Waals surface area contributed by atoms with Crippen LogP contribution in [0.25, 0.3) is 5.82 Å². The molecule has 0 aliphatic heterocycles. The van der Waals surface area contributed by atoms with Gasteiger partial charge in [0.05, 0.1) is 6.10 Å². The topological polar surface area (TPSA) is 76.4 Å². The Morgan fingerprint density at radius 3 is 2.69 bits per heavy atom. The third-order valence-electron chi connectivity index (χ3n) is 4.26. The molecule has 0 aliphatic carbocycles. The molecule has 2 heterocycles. The largest absolute Gasteiger partial charge is 0.491 e. The van der Waals surface area contributed by atoms with Crippen LogP contribution < -0.4 is 15.4 Å². The van der Waals surface area contributed by atoms with Gasteiger partial charge in [-0.3, -0.25) is 4.99 Å². The van der Waals surface area contributed by atoms with E-state index in [-0.39, 0.29) is 6.10 Å². The van der Waals surface area contributed by atoms with Crippen LogP contribution in [-0.2, 0) is 13.1 Å². The summed E-state index contributed by atoms with van der Waals surface area (Å²) < 4.78 is 7.69. The molecule has 0 radical (unpaired) electrons. The van der Waals surface area contributed by atoms with E-state index in [1.807, 2.05) is 38.2 Å². The molecule has 3 aromatic rings. The molecule has 0 spiro atoms. The van der Waals surface area contributed by atoms with Crippen molar-refractivity contribution in [1.82, 2.24) is 25.4 Å². The van der Waals surface area contributed by atoms with Crippen LogP contribution in [0.5, 0.6) is 5.75 Å². The van der Waals surface area contributed by atoms with Crippen LogP contribution in [0.2, 0.25) is 0 Å². The zero-order valence-electron chi connectivity index (χ0n) is 17.4. The van der Waals surface area contributed by atoms with Crippen LogP contribution in [0.15, 0.2) is 60.0 Å². The Labute approximate surface area is 171 Å². The van der Waals surface area contributed by atoms with Gasteiger partial charge in [-0.25, -0.2) is 9.67 Å². The molecule has 0 fully saturated rings. The molecule has 2 aromatic heterocycles. The van der Waals surface area contributed by atoms with Crippen molar-refractivity contribution in [2.45, 2.75) is 40.0 Å². The zero-order chi connectivity index (χ0) is 20.6. The number of rotatable bonds is 7. The van der Waals surface area contributed by atoms with Crippen molar-refractivity contribution in [3.63, 3.8) is 0 Å². The lowest BCUT2D eigenvalue weighted by atomic mass is 10.1. The van der Waals surface area contributed by atoms with Gasteiger partial charge < -0.3 is 15.4 Å². The predicted molar refractivity (Wildman–Crippen MR) is 115 cm³/mol. The van der Waals surface area contributed by atoms with Crippen molar-refractivity contribution < 1.29 is 4.74 Å². The summed E-state index contributed by atoms with van der Waals surface area (Å²) in [6.45, 7) is 7.38. The molecule has 1 aromatic carbocycles. The van der Waals surface area contributed by atoms with E-state index in [2.05, 4.69) is 50.8 Å². The van der Waals surface area contributed by atoms with Crippen LogP contribution in [0.1, 0.15) is 30.5 Å². The molecule has 0 saturated carbocycles. The molecule has 0 bridgehead atoms. The maximum Gasteiger partial charge on any atom is 0.191 e. The normalized spacial score (nSPS) is 11.6. The summed E-state index contributed by atoms with van der Waals surface area (Å²) in [5, 5.41) is 10.9. The third kappa shape index (κ3) is 5.81. The van der Waals surface area contributed by atoms with Gasteiger partial charge in [0.1, 0.15) is 5.75 Å². The van der Waals surface area contributed by atoms with Gasteiger partial charge in [-0.2, -0.15) is 5.10 Å². The number of guanidine groups is 1. The van der Waals surface area contributed by atoms with Crippen LogP contribution in [0, 0.1) is 6.92 Å². The van der Waals surface area contributed by atoms with Gasteiger partial charge in [0.25, 0.3) is 0 Å². The number of pyridine rings is 1. The number of ether oxygens (including phenoxy) is 1. The Morgan fingerprint density at radius 2 is 1.97 bits per heavy atom. The van der Waals surface area contributed by atoms with E-state index in [4.69, 9.17) is 4.74 Å². The minimum atomic E-state index is 0.128. The van der Waals surface area contributed by atoms with E-state index in [1.54, 1.807) is 24.1 Å². The van der Waals surface area contributed by atoms with Crippen molar-refractivity contribution in [2.75, 3.05) is 7.05 Å². The number of nitrogens with zero attached hydrogens (tertiary/aromatic N) is 4. The average Bonchev–Trinajstić information content (AvgIpc) is 3.24. The fourth-order valence-electron chi connectivity index (χ4n) is 2.86. The first-order valence-corrected chi connectivity index (χ1v) is 9.71. The molecule has 7 nitrogen and oxygen atoms in total. The number of nitrogens with one attached hydrogen (secondary N) is 2. The van der Waals surface area contributed by atoms with E-state index in [1.165, 1.54) is 5.56 Å². The summed E-state index contributed by atoms with van der Waals surface area (Å²) >= 11 is 0. The number of benzene rings is 1. The monoisotopic (exact) mass is 392 g/mol. The fourth-order valence-corrected chi connectivity index (χ4v) is 2.86. The van der Waals surface area contributed by atoms with Gasteiger partial charge in [-0.05, 0) is 56.2 Å². The van der Waals surface area contributed by atoms with Crippen molar-refractivity contribution in [1.29, 1.82) is 0 Å². The molecule has 0 unspecified atom stereocenters. The molecule has 0 atom stereocenters. The number of hydrogen-bond acceptors (Lipinski definition) is 4. The minimum absolute atomic E-state index is 0.128. The summed E-state index contributed by atoms with van der Waals surface area (Å²) in [6, 6.07) is 12.1. The second-order valence-electron chi connectivity index (χ2n) is 7.03. The van der Waals surface area contributed by atoms with Crippen molar-refractivity contribution >= 4 is 5.96 Å². The molecule has 3 rings (SSSR count). The lowest BCUT2D eigenvalue weighted by molar-refractivity contribution is 0.239. The van der Waals surface area contributed by atoms with Crippen LogP contribution >= 0.6 is 0 Å². The standard InChI is InChI=1S/C22H28N6O/c1-16(2)29-20-12-17(3)6-7-19(20)15-26-22(23-4)25-14-18-8-10-24-21(13-18)28-11-5-9-27-28/h5-13,16H,14-15H2,1-4H3,(H2,23,25,26). The summed E-state index contributed by atoms with van der Waals surface area (Å²) in [7, 11) is 1.76. The Balaban J connectivity index is 1.60. The highest BCUT2D eigenvalue weighted by molar-refractivity contribution is 5.79. The van der Waals surface area contributed by atoms with E-state index >= 15 is 0 Å². The highest BCUT2D eigenvalue weighted by Crippen LogP contribution is 2.21. The van der Waals surface area contributed by atoms with Gasteiger partial charge in [0.2, 0.25) is 0 Å². The molecular weight excluding hydrogens is 364 g/mol. The van der Waals surface area contributed by atoms with Gasteiger partial charge in [-0.15, -0.1) is 0 Å². The maximum absolute atomic E-state index is 5.95. The fraction of sp³-hybridized carbons (Fsp3) is 0.318. The molecule has 7 heteroatoms. The number of aromatic nitrogens is 3.